The van der Waals surface area contributed by atoms with Crippen LogP contribution in [0.2, 0.25) is 0 Å². The predicted molar refractivity (Wildman–Crippen MR) is 73.3 cm³/mol. The number of rotatable bonds is 5. The van der Waals surface area contributed by atoms with E-state index in [1.54, 1.807) is 11.3 Å². The largest absolute Gasteiger partial charge is 0.379 e. The molecule has 3 unspecified atom stereocenters. The number of thiophene rings is 1. The van der Waals surface area contributed by atoms with Gasteiger partial charge in [-0.3, -0.25) is 0 Å². The summed E-state index contributed by atoms with van der Waals surface area (Å²) in [6, 6.07) is 2.14. The Hall–Kier alpha value is 0.0600. The van der Waals surface area contributed by atoms with Gasteiger partial charge >= 0.3 is 0 Å². The van der Waals surface area contributed by atoms with Crippen LogP contribution >= 0.6 is 27.3 Å². The van der Waals surface area contributed by atoms with Gasteiger partial charge < -0.3 is 15.2 Å². The molecule has 2 N–H and O–H groups in total. The maximum Gasteiger partial charge on any atom is 0.107 e. The summed E-state index contributed by atoms with van der Waals surface area (Å²) in [5, 5.41) is 2.07. The molecule has 17 heavy (non-hydrogen) atoms. The Labute approximate surface area is 114 Å². The van der Waals surface area contributed by atoms with Crippen molar-refractivity contribution in [1.29, 1.82) is 0 Å². The Morgan fingerprint density at radius 2 is 2.53 bits per heavy atom. The molecular weight excluding hydrogens is 302 g/mol. The van der Waals surface area contributed by atoms with Gasteiger partial charge in [-0.05, 0) is 34.8 Å². The molecule has 0 radical (unpaired) electrons. The average molecular weight is 320 g/mol. The highest BCUT2D eigenvalue weighted by molar-refractivity contribution is 9.10. The second-order valence-electron chi connectivity index (χ2n) is 4.28. The Kier molecular flexibility index (Phi) is 4.99. The van der Waals surface area contributed by atoms with Gasteiger partial charge in [0.25, 0.3) is 0 Å². The first-order valence-electron chi connectivity index (χ1n) is 5.93. The third-order valence-electron chi connectivity index (χ3n) is 2.96. The van der Waals surface area contributed by atoms with Gasteiger partial charge in [-0.25, -0.2) is 0 Å². The van der Waals surface area contributed by atoms with E-state index in [0.29, 0.717) is 6.61 Å². The number of nitrogens with two attached hydrogens (primary N) is 1. The molecule has 1 aromatic rings. The van der Waals surface area contributed by atoms with Gasteiger partial charge in [-0.15, -0.1) is 11.3 Å². The zero-order chi connectivity index (χ0) is 12.3. The van der Waals surface area contributed by atoms with E-state index in [0.717, 1.165) is 23.9 Å². The van der Waals surface area contributed by atoms with Gasteiger partial charge in [0.15, 0.2) is 0 Å². The van der Waals surface area contributed by atoms with Crippen molar-refractivity contribution in [3.8, 4) is 0 Å². The SMILES string of the molecule is CCC(N)C(OC1CCOC1)c1cc(Br)cs1. The van der Waals surface area contributed by atoms with E-state index >= 15 is 0 Å². The molecule has 1 fully saturated rings. The molecule has 1 aliphatic rings. The molecule has 1 aliphatic heterocycles. The Bertz CT molecular complexity index is 352. The first-order chi connectivity index (χ1) is 8.20. The molecule has 3 nitrogen and oxygen atoms in total. The van der Waals surface area contributed by atoms with E-state index in [1.807, 2.05) is 0 Å². The third kappa shape index (κ3) is 3.51. The van der Waals surface area contributed by atoms with E-state index < -0.39 is 0 Å². The maximum absolute atomic E-state index is 6.16. The molecule has 0 spiro atoms. The van der Waals surface area contributed by atoms with Gasteiger partial charge in [0.05, 0.1) is 12.7 Å². The topological polar surface area (TPSA) is 44.5 Å². The molecule has 0 saturated carbocycles. The van der Waals surface area contributed by atoms with Crippen LogP contribution in [0.15, 0.2) is 15.9 Å². The lowest BCUT2D eigenvalue weighted by atomic mass is 10.1. The first kappa shape index (κ1) is 13.5. The maximum atomic E-state index is 6.16. The van der Waals surface area contributed by atoms with Crippen LogP contribution in [0.3, 0.4) is 0 Å². The number of hydrogen-bond donors (Lipinski definition) is 1. The van der Waals surface area contributed by atoms with E-state index in [1.165, 1.54) is 4.88 Å². The lowest BCUT2D eigenvalue weighted by molar-refractivity contribution is -0.0283. The van der Waals surface area contributed by atoms with Crippen LogP contribution in [-0.2, 0) is 9.47 Å². The van der Waals surface area contributed by atoms with Crippen LogP contribution in [0.4, 0.5) is 0 Å². The first-order valence-corrected chi connectivity index (χ1v) is 7.60. The summed E-state index contributed by atoms with van der Waals surface area (Å²) in [6.45, 7) is 3.58. The summed E-state index contributed by atoms with van der Waals surface area (Å²) in [5.74, 6) is 0. The van der Waals surface area contributed by atoms with Crippen LogP contribution < -0.4 is 5.73 Å². The molecule has 0 bridgehead atoms. The summed E-state index contributed by atoms with van der Waals surface area (Å²) in [4.78, 5) is 1.19. The van der Waals surface area contributed by atoms with Crippen molar-refractivity contribution in [2.45, 2.75) is 38.0 Å². The monoisotopic (exact) mass is 319 g/mol. The summed E-state index contributed by atoms with van der Waals surface area (Å²) in [6.07, 6.45) is 2.06. The highest BCUT2D eigenvalue weighted by Crippen LogP contribution is 2.32. The molecule has 1 saturated heterocycles. The summed E-state index contributed by atoms with van der Waals surface area (Å²) in [7, 11) is 0. The minimum absolute atomic E-state index is 0.0111. The minimum Gasteiger partial charge on any atom is -0.379 e. The quantitative estimate of drug-likeness (QED) is 0.907. The Morgan fingerprint density at radius 3 is 3.06 bits per heavy atom. The lowest BCUT2D eigenvalue weighted by Crippen LogP contribution is -2.32. The molecule has 1 aromatic heterocycles. The second kappa shape index (κ2) is 6.29. The van der Waals surface area contributed by atoms with E-state index in [9.17, 15) is 0 Å². The molecular formula is C12H18BrNO2S. The van der Waals surface area contributed by atoms with Gasteiger partial charge in [-0.1, -0.05) is 6.92 Å². The van der Waals surface area contributed by atoms with Crippen LogP contribution in [0.1, 0.15) is 30.7 Å². The zero-order valence-electron chi connectivity index (χ0n) is 9.90. The van der Waals surface area contributed by atoms with E-state index in [2.05, 4.69) is 34.3 Å². The number of hydrogen-bond acceptors (Lipinski definition) is 4. The van der Waals surface area contributed by atoms with Gasteiger partial charge in [0, 0.05) is 27.4 Å². The van der Waals surface area contributed by atoms with Gasteiger partial charge in [0.1, 0.15) is 6.10 Å². The van der Waals surface area contributed by atoms with Gasteiger partial charge in [-0.2, -0.15) is 0 Å². The van der Waals surface area contributed by atoms with Crippen molar-refractivity contribution < 1.29 is 9.47 Å². The predicted octanol–water partition coefficient (Wildman–Crippen LogP) is 3.09. The van der Waals surface area contributed by atoms with Crippen LogP contribution in [0.25, 0.3) is 0 Å². The highest BCUT2D eigenvalue weighted by Gasteiger charge is 2.27. The molecule has 0 aliphatic carbocycles. The van der Waals surface area contributed by atoms with Crippen molar-refractivity contribution >= 4 is 27.3 Å². The van der Waals surface area contributed by atoms with Crippen molar-refractivity contribution in [2.75, 3.05) is 13.2 Å². The van der Waals surface area contributed by atoms with Crippen molar-refractivity contribution in [3.05, 3.63) is 20.8 Å². The smallest absolute Gasteiger partial charge is 0.107 e. The lowest BCUT2D eigenvalue weighted by Gasteiger charge is -2.25. The van der Waals surface area contributed by atoms with Crippen LogP contribution in [-0.4, -0.2) is 25.4 Å². The summed E-state index contributed by atoms with van der Waals surface area (Å²) >= 11 is 5.17. The fourth-order valence-electron chi connectivity index (χ4n) is 1.90. The van der Waals surface area contributed by atoms with Gasteiger partial charge in [0.2, 0.25) is 0 Å². The highest BCUT2D eigenvalue weighted by atomic mass is 79.9. The molecule has 96 valence electrons. The van der Waals surface area contributed by atoms with E-state index in [-0.39, 0.29) is 18.2 Å². The minimum atomic E-state index is -0.0111. The summed E-state index contributed by atoms with van der Waals surface area (Å²) < 4.78 is 12.5. The Balaban J connectivity index is 2.07. The average Bonchev–Trinajstić information content (AvgIpc) is 2.96. The Morgan fingerprint density at radius 1 is 1.71 bits per heavy atom. The van der Waals surface area contributed by atoms with Crippen molar-refractivity contribution in [2.24, 2.45) is 5.73 Å². The van der Waals surface area contributed by atoms with Crippen LogP contribution in [0, 0.1) is 0 Å². The zero-order valence-corrected chi connectivity index (χ0v) is 12.3. The number of halogens is 1. The van der Waals surface area contributed by atoms with Crippen molar-refractivity contribution in [3.63, 3.8) is 0 Å². The number of ether oxygens (including phenoxy) is 2. The van der Waals surface area contributed by atoms with E-state index in [4.69, 9.17) is 15.2 Å². The fourth-order valence-corrected chi connectivity index (χ4v) is 3.45. The molecule has 2 rings (SSSR count). The molecule has 3 atom stereocenters. The van der Waals surface area contributed by atoms with Crippen LogP contribution in [0.5, 0.6) is 0 Å². The third-order valence-corrected chi connectivity index (χ3v) is 4.71. The standard InChI is InChI=1S/C12H18BrNO2S/c1-2-10(14)12(11-5-8(13)7-17-11)16-9-3-4-15-6-9/h5,7,9-10,12H,2-4,6,14H2,1H3. The molecule has 2 heterocycles. The fraction of sp³-hybridized carbons (Fsp3) is 0.667. The normalized spacial score (nSPS) is 23.8. The molecule has 0 amide bonds. The second-order valence-corrected chi connectivity index (χ2v) is 6.14. The van der Waals surface area contributed by atoms with Crippen molar-refractivity contribution in [1.82, 2.24) is 0 Å². The summed E-state index contributed by atoms with van der Waals surface area (Å²) in [5.41, 5.74) is 6.16. The molecule has 5 heteroatoms. The molecule has 0 aromatic carbocycles.